The number of hydrogen-bond donors (Lipinski definition) is 1. The lowest BCUT2D eigenvalue weighted by atomic mass is 9.85. The van der Waals surface area contributed by atoms with Crippen LogP contribution in [0.4, 0.5) is 0 Å². The van der Waals surface area contributed by atoms with E-state index in [-0.39, 0.29) is 0 Å². The number of nitrogens with one attached hydrogen (secondary N) is 1. The van der Waals surface area contributed by atoms with Crippen molar-refractivity contribution in [3.63, 3.8) is 0 Å². The van der Waals surface area contributed by atoms with Gasteiger partial charge in [0.1, 0.15) is 0 Å². The van der Waals surface area contributed by atoms with E-state index in [4.69, 9.17) is 0 Å². The molecule has 1 unspecified atom stereocenters. The Morgan fingerprint density at radius 1 is 1.24 bits per heavy atom. The number of nitrogens with zero attached hydrogens (tertiary/aromatic N) is 1. The van der Waals surface area contributed by atoms with E-state index in [0.29, 0.717) is 5.41 Å². The van der Waals surface area contributed by atoms with Crippen molar-refractivity contribution in [3.8, 4) is 0 Å². The zero-order chi connectivity index (χ0) is 12.3. The van der Waals surface area contributed by atoms with Crippen LogP contribution in [0.1, 0.15) is 52.9 Å². The molecule has 0 aromatic rings. The number of likely N-dealkylation sites (tertiary alicyclic amines) is 1. The van der Waals surface area contributed by atoms with Gasteiger partial charge in [-0.25, -0.2) is 0 Å². The summed E-state index contributed by atoms with van der Waals surface area (Å²) in [4.78, 5) is 2.71. The molecule has 0 spiro atoms. The Kier molecular flexibility index (Phi) is 4.48. The minimum atomic E-state index is 0.571. The smallest absolute Gasteiger partial charge is 0.0223 e. The van der Waals surface area contributed by atoms with Gasteiger partial charge < -0.3 is 10.2 Å². The molecule has 2 heteroatoms. The van der Waals surface area contributed by atoms with Crippen LogP contribution in [0.3, 0.4) is 0 Å². The molecule has 1 atom stereocenters. The van der Waals surface area contributed by atoms with E-state index >= 15 is 0 Å². The summed E-state index contributed by atoms with van der Waals surface area (Å²) in [6.45, 7) is 12.1. The van der Waals surface area contributed by atoms with Crippen LogP contribution >= 0.6 is 0 Å². The van der Waals surface area contributed by atoms with E-state index in [9.17, 15) is 0 Å². The highest BCUT2D eigenvalue weighted by Crippen LogP contribution is 2.34. The molecule has 0 bridgehead atoms. The molecule has 1 saturated heterocycles. The predicted molar refractivity (Wildman–Crippen MR) is 74.3 cm³/mol. The van der Waals surface area contributed by atoms with Gasteiger partial charge in [-0.2, -0.15) is 0 Å². The monoisotopic (exact) mass is 238 g/mol. The molecule has 1 N–H and O–H groups in total. The summed E-state index contributed by atoms with van der Waals surface area (Å²) in [5.41, 5.74) is 0.571. The van der Waals surface area contributed by atoms with Crippen molar-refractivity contribution in [2.75, 3.05) is 26.2 Å². The third kappa shape index (κ3) is 4.26. The fourth-order valence-corrected chi connectivity index (χ4v) is 3.08. The van der Waals surface area contributed by atoms with Crippen LogP contribution in [0.25, 0.3) is 0 Å². The van der Waals surface area contributed by atoms with E-state index in [1.165, 1.54) is 51.7 Å². The standard InChI is InChI=1S/C15H30N2/c1-4-16-14(13-6-7-13)12-17-10-5-8-15(2,3)9-11-17/h13-14,16H,4-12H2,1-3H3. The molecule has 100 valence electrons. The molecule has 2 aliphatic rings. The summed E-state index contributed by atoms with van der Waals surface area (Å²) in [6.07, 6.45) is 7.07. The fraction of sp³-hybridized carbons (Fsp3) is 1.00. The van der Waals surface area contributed by atoms with Crippen molar-refractivity contribution in [2.24, 2.45) is 11.3 Å². The van der Waals surface area contributed by atoms with Gasteiger partial charge in [-0.15, -0.1) is 0 Å². The van der Waals surface area contributed by atoms with Crippen LogP contribution in [0.2, 0.25) is 0 Å². The maximum absolute atomic E-state index is 3.69. The molecule has 1 aliphatic heterocycles. The van der Waals surface area contributed by atoms with E-state index in [1.54, 1.807) is 0 Å². The summed E-state index contributed by atoms with van der Waals surface area (Å²) in [5, 5.41) is 3.69. The van der Waals surface area contributed by atoms with Gasteiger partial charge in [-0.1, -0.05) is 20.8 Å². The topological polar surface area (TPSA) is 15.3 Å². The number of rotatable bonds is 5. The Hall–Kier alpha value is -0.0800. The molecule has 1 heterocycles. The van der Waals surface area contributed by atoms with Gasteiger partial charge in [-0.3, -0.25) is 0 Å². The second-order valence-corrected chi connectivity index (χ2v) is 6.82. The highest BCUT2D eigenvalue weighted by Gasteiger charge is 2.32. The van der Waals surface area contributed by atoms with Crippen molar-refractivity contribution in [1.82, 2.24) is 10.2 Å². The van der Waals surface area contributed by atoms with Crippen molar-refractivity contribution in [3.05, 3.63) is 0 Å². The fourth-order valence-electron chi connectivity index (χ4n) is 3.08. The molecular formula is C15H30N2. The first kappa shape index (κ1) is 13.4. The summed E-state index contributed by atoms with van der Waals surface area (Å²) in [5.74, 6) is 0.978. The predicted octanol–water partition coefficient (Wildman–Crippen LogP) is 2.89. The second kappa shape index (κ2) is 5.71. The van der Waals surface area contributed by atoms with Crippen molar-refractivity contribution in [2.45, 2.75) is 58.9 Å². The third-order valence-electron chi connectivity index (χ3n) is 4.54. The van der Waals surface area contributed by atoms with Crippen LogP contribution in [0.15, 0.2) is 0 Å². The summed E-state index contributed by atoms with van der Waals surface area (Å²) in [7, 11) is 0. The first-order valence-electron chi connectivity index (χ1n) is 7.56. The molecule has 0 radical (unpaired) electrons. The lowest BCUT2D eigenvalue weighted by Gasteiger charge is -2.27. The highest BCUT2D eigenvalue weighted by molar-refractivity contribution is 4.89. The summed E-state index contributed by atoms with van der Waals surface area (Å²) in [6, 6.07) is 0.765. The SMILES string of the molecule is CCNC(CN1CCCC(C)(C)CC1)C1CC1. The van der Waals surface area contributed by atoms with Gasteiger partial charge in [0.15, 0.2) is 0 Å². The molecule has 0 amide bonds. The lowest BCUT2D eigenvalue weighted by Crippen LogP contribution is -2.43. The Balaban J connectivity index is 1.80. The maximum Gasteiger partial charge on any atom is 0.0223 e. The molecule has 2 nitrogen and oxygen atoms in total. The molecule has 1 aliphatic carbocycles. The van der Waals surface area contributed by atoms with Crippen molar-refractivity contribution in [1.29, 1.82) is 0 Å². The Labute approximate surface area is 107 Å². The Morgan fingerprint density at radius 2 is 2.00 bits per heavy atom. The molecular weight excluding hydrogens is 208 g/mol. The van der Waals surface area contributed by atoms with Gasteiger partial charge in [0, 0.05) is 12.6 Å². The summed E-state index contributed by atoms with van der Waals surface area (Å²) < 4.78 is 0. The first-order valence-corrected chi connectivity index (χ1v) is 7.56. The number of likely N-dealkylation sites (N-methyl/N-ethyl adjacent to an activating group) is 1. The van der Waals surface area contributed by atoms with E-state index < -0.39 is 0 Å². The first-order chi connectivity index (χ1) is 8.11. The normalized spacial score (nSPS) is 27.7. The molecule has 2 fully saturated rings. The maximum atomic E-state index is 3.69. The zero-order valence-electron chi connectivity index (χ0n) is 12.0. The molecule has 1 saturated carbocycles. The average molecular weight is 238 g/mol. The Morgan fingerprint density at radius 3 is 2.65 bits per heavy atom. The lowest BCUT2D eigenvalue weighted by molar-refractivity contribution is 0.228. The second-order valence-electron chi connectivity index (χ2n) is 6.82. The van der Waals surface area contributed by atoms with Gasteiger partial charge in [0.2, 0.25) is 0 Å². The van der Waals surface area contributed by atoms with Crippen LogP contribution in [0.5, 0.6) is 0 Å². The minimum absolute atomic E-state index is 0.571. The molecule has 0 aromatic carbocycles. The van der Waals surface area contributed by atoms with Crippen LogP contribution < -0.4 is 5.32 Å². The van der Waals surface area contributed by atoms with E-state index in [1.807, 2.05) is 0 Å². The van der Waals surface area contributed by atoms with Crippen molar-refractivity contribution >= 4 is 0 Å². The van der Waals surface area contributed by atoms with Crippen LogP contribution in [-0.4, -0.2) is 37.1 Å². The minimum Gasteiger partial charge on any atom is -0.313 e. The van der Waals surface area contributed by atoms with Gasteiger partial charge in [-0.05, 0) is 63.1 Å². The molecule has 2 rings (SSSR count). The van der Waals surface area contributed by atoms with E-state index in [2.05, 4.69) is 31.0 Å². The Bertz CT molecular complexity index is 233. The number of hydrogen-bond acceptors (Lipinski definition) is 2. The quantitative estimate of drug-likeness (QED) is 0.792. The largest absolute Gasteiger partial charge is 0.313 e. The van der Waals surface area contributed by atoms with Gasteiger partial charge in [0.25, 0.3) is 0 Å². The molecule has 17 heavy (non-hydrogen) atoms. The van der Waals surface area contributed by atoms with Gasteiger partial charge in [0.05, 0.1) is 0 Å². The summed E-state index contributed by atoms with van der Waals surface area (Å²) >= 11 is 0. The third-order valence-corrected chi connectivity index (χ3v) is 4.54. The van der Waals surface area contributed by atoms with Crippen LogP contribution in [-0.2, 0) is 0 Å². The average Bonchev–Trinajstić information content (AvgIpc) is 3.07. The van der Waals surface area contributed by atoms with Crippen molar-refractivity contribution < 1.29 is 0 Å². The van der Waals surface area contributed by atoms with Crippen LogP contribution in [0, 0.1) is 11.3 Å². The molecule has 0 aromatic heterocycles. The van der Waals surface area contributed by atoms with E-state index in [0.717, 1.165) is 18.5 Å². The zero-order valence-corrected chi connectivity index (χ0v) is 12.0. The van der Waals surface area contributed by atoms with Gasteiger partial charge >= 0.3 is 0 Å². The highest BCUT2D eigenvalue weighted by atomic mass is 15.2.